The fourth-order valence-electron chi connectivity index (χ4n) is 3.57. The maximum absolute atomic E-state index is 12.5. The number of carbonyl (C=O) groups excluding carboxylic acids is 1. The van der Waals surface area contributed by atoms with E-state index in [1.165, 1.54) is 12.2 Å². The molecule has 0 atom stereocenters. The fraction of sp³-hybridized carbons (Fsp3) is 0.111. The third-order valence-corrected chi connectivity index (χ3v) is 5.16. The molecule has 4 aromatic rings. The van der Waals surface area contributed by atoms with E-state index >= 15 is 0 Å². The van der Waals surface area contributed by atoms with Crippen LogP contribution in [0.25, 0.3) is 29.1 Å². The maximum Gasteiger partial charge on any atom is 0.178 e. The zero-order valence-electron chi connectivity index (χ0n) is 18.7. The van der Waals surface area contributed by atoms with Gasteiger partial charge in [-0.15, -0.1) is 0 Å². The summed E-state index contributed by atoms with van der Waals surface area (Å²) in [6.07, 6.45) is 8.48. The number of ether oxygens (including phenoxy) is 3. The van der Waals surface area contributed by atoms with Gasteiger partial charge < -0.3 is 14.2 Å². The summed E-state index contributed by atoms with van der Waals surface area (Å²) >= 11 is 0. The Hall–Kier alpha value is -4.32. The van der Waals surface area contributed by atoms with Crippen molar-refractivity contribution < 1.29 is 19.0 Å². The van der Waals surface area contributed by atoms with Crippen LogP contribution in [0, 0.1) is 0 Å². The van der Waals surface area contributed by atoms with Crippen LogP contribution >= 0.6 is 0 Å². The molecule has 33 heavy (non-hydrogen) atoms. The van der Waals surface area contributed by atoms with Crippen molar-refractivity contribution in [2.24, 2.45) is 0 Å². The van der Waals surface area contributed by atoms with Gasteiger partial charge in [-0.05, 0) is 42.0 Å². The SMILES string of the molecule is COc1cc(OC)c(-c2c(/C=C/C(=O)/C=C/c3ccccc3)nc3ccccn23)cc1OC. The molecule has 0 aliphatic rings. The lowest BCUT2D eigenvalue weighted by Gasteiger charge is -2.14. The number of imidazole rings is 1. The molecule has 0 aliphatic heterocycles. The number of nitrogens with zero attached hydrogens (tertiary/aromatic N) is 2. The van der Waals surface area contributed by atoms with Gasteiger partial charge in [0.05, 0.1) is 32.7 Å². The molecule has 0 fully saturated rings. The van der Waals surface area contributed by atoms with Crippen molar-refractivity contribution in [3.8, 4) is 28.5 Å². The van der Waals surface area contributed by atoms with E-state index in [0.29, 0.717) is 22.9 Å². The lowest BCUT2D eigenvalue weighted by atomic mass is 10.1. The molecule has 6 nitrogen and oxygen atoms in total. The Bertz CT molecular complexity index is 1340. The van der Waals surface area contributed by atoms with Crippen LogP contribution in [-0.2, 0) is 4.79 Å². The Balaban J connectivity index is 1.78. The largest absolute Gasteiger partial charge is 0.496 e. The molecule has 0 radical (unpaired) electrons. The van der Waals surface area contributed by atoms with Gasteiger partial charge in [0.15, 0.2) is 17.3 Å². The van der Waals surface area contributed by atoms with Crippen LogP contribution in [-0.4, -0.2) is 36.5 Å². The van der Waals surface area contributed by atoms with Crippen LogP contribution in [0.3, 0.4) is 0 Å². The number of methoxy groups -OCH3 is 3. The first-order chi connectivity index (χ1) is 16.1. The Morgan fingerprint density at radius 2 is 1.48 bits per heavy atom. The normalized spacial score (nSPS) is 11.4. The molecular formula is C27H24N2O4. The van der Waals surface area contributed by atoms with Crippen LogP contribution in [0.2, 0.25) is 0 Å². The molecular weight excluding hydrogens is 416 g/mol. The van der Waals surface area contributed by atoms with E-state index in [4.69, 9.17) is 19.2 Å². The van der Waals surface area contributed by atoms with Gasteiger partial charge in [0, 0.05) is 17.8 Å². The molecule has 0 unspecified atom stereocenters. The molecule has 0 saturated carbocycles. The van der Waals surface area contributed by atoms with Gasteiger partial charge in [-0.2, -0.15) is 0 Å². The summed E-state index contributed by atoms with van der Waals surface area (Å²) in [6, 6.07) is 19.1. The standard InChI is InChI=1S/C27H24N2O4/c1-31-23-18-25(33-3)24(32-2)17-21(23)27-22(28-26-11-7-8-16-29(26)27)15-14-20(30)13-12-19-9-5-4-6-10-19/h4-18H,1-3H3/b13-12+,15-14+. The van der Waals surface area contributed by atoms with E-state index in [0.717, 1.165) is 22.5 Å². The fourth-order valence-corrected chi connectivity index (χ4v) is 3.57. The van der Waals surface area contributed by atoms with Crippen LogP contribution in [0.15, 0.2) is 79.0 Å². The minimum atomic E-state index is -0.138. The summed E-state index contributed by atoms with van der Waals surface area (Å²) in [7, 11) is 4.76. The Labute approximate surface area is 192 Å². The highest BCUT2D eigenvalue weighted by Gasteiger charge is 2.20. The highest BCUT2D eigenvalue weighted by molar-refractivity contribution is 6.04. The van der Waals surface area contributed by atoms with Crippen molar-refractivity contribution in [1.29, 1.82) is 0 Å². The molecule has 2 heterocycles. The number of fused-ring (bicyclic) bond motifs is 1. The van der Waals surface area contributed by atoms with Gasteiger partial charge in [-0.1, -0.05) is 42.5 Å². The van der Waals surface area contributed by atoms with Crippen LogP contribution in [0.5, 0.6) is 17.2 Å². The number of hydrogen-bond donors (Lipinski definition) is 0. The zero-order chi connectivity index (χ0) is 23.2. The summed E-state index contributed by atoms with van der Waals surface area (Å²) in [6.45, 7) is 0. The van der Waals surface area contributed by atoms with Crippen molar-refractivity contribution in [2.45, 2.75) is 0 Å². The quantitative estimate of drug-likeness (QED) is 0.347. The maximum atomic E-state index is 12.5. The van der Waals surface area contributed by atoms with E-state index in [2.05, 4.69) is 0 Å². The third kappa shape index (κ3) is 4.65. The number of hydrogen-bond acceptors (Lipinski definition) is 5. The average molecular weight is 440 g/mol. The Kier molecular flexibility index (Phi) is 6.55. The first-order valence-electron chi connectivity index (χ1n) is 10.4. The van der Waals surface area contributed by atoms with Gasteiger partial charge in [0.2, 0.25) is 0 Å². The van der Waals surface area contributed by atoms with E-state index in [-0.39, 0.29) is 5.78 Å². The molecule has 0 spiro atoms. The van der Waals surface area contributed by atoms with Crippen molar-refractivity contribution in [3.05, 3.63) is 90.3 Å². The molecule has 4 rings (SSSR count). The lowest BCUT2D eigenvalue weighted by Crippen LogP contribution is -1.97. The monoisotopic (exact) mass is 440 g/mol. The lowest BCUT2D eigenvalue weighted by molar-refractivity contribution is -0.110. The topological polar surface area (TPSA) is 62.1 Å². The number of benzene rings is 2. The Morgan fingerprint density at radius 3 is 2.21 bits per heavy atom. The molecule has 0 aliphatic carbocycles. The summed E-state index contributed by atoms with van der Waals surface area (Å²) < 4.78 is 18.5. The summed E-state index contributed by atoms with van der Waals surface area (Å²) in [5.41, 5.74) is 3.88. The predicted molar refractivity (Wildman–Crippen MR) is 130 cm³/mol. The van der Waals surface area contributed by atoms with Crippen LogP contribution in [0.1, 0.15) is 11.3 Å². The van der Waals surface area contributed by atoms with E-state index in [9.17, 15) is 4.79 Å². The van der Waals surface area contributed by atoms with Gasteiger partial charge in [-0.25, -0.2) is 4.98 Å². The number of pyridine rings is 1. The Morgan fingerprint density at radius 1 is 0.818 bits per heavy atom. The zero-order valence-corrected chi connectivity index (χ0v) is 18.7. The third-order valence-electron chi connectivity index (χ3n) is 5.16. The van der Waals surface area contributed by atoms with Crippen LogP contribution in [0.4, 0.5) is 0 Å². The molecule has 6 heteroatoms. The van der Waals surface area contributed by atoms with Gasteiger partial charge in [0.1, 0.15) is 11.4 Å². The number of rotatable bonds is 8. The second-order valence-corrected chi connectivity index (χ2v) is 7.16. The first-order valence-corrected chi connectivity index (χ1v) is 10.4. The number of carbonyl (C=O) groups is 1. The predicted octanol–water partition coefficient (Wildman–Crippen LogP) is 5.32. The molecule has 2 aromatic heterocycles. The van der Waals surface area contributed by atoms with E-state index in [1.807, 2.05) is 65.2 Å². The van der Waals surface area contributed by atoms with Crippen molar-refractivity contribution in [1.82, 2.24) is 9.38 Å². The highest BCUT2D eigenvalue weighted by Crippen LogP contribution is 2.41. The molecule has 0 amide bonds. The molecule has 0 N–H and O–H groups in total. The number of ketones is 1. The van der Waals surface area contributed by atoms with Crippen LogP contribution < -0.4 is 14.2 Å². The highest BCUT2D eigenvalue weighted by atomic mass is 16.5. The van der Waals surface area contributed by atoms with E-state index in [1.54, 1.807) is 39.5 Å². The first kappa shape index (κ1) is 21.9. The molecule has 2 aromatic carbocycles. The summed E-state index contributed by atoms with van der Waals surface area (Å²) in [4.78, 5) is 17.2. The average Bonchev–Trinajstić information content (AvgIpc) is 3.24. The molecule has 0 bridgehead atoms. The van der Waals surface area contributed by atoms with Gasteiger partial charge >= 0.3 is 0 Å². The summed E-state index contributed by atoms with van der Waals surface area (Å²) in [5.74, 6) is 1.59. The van der Waals surface area contributed by atoms with E-state index < -0.39 is 0 Å². The van der Waals surface area contributed by atoms with Gasteiger partial charge in [0.25, 0.3) is 0 Å². The molecule has 0 saturated heterocycles. The minimum absolute atomic E-state index is 0.138. The minimum Gasteiger partial charge on any atom is -0.496 e. The summed E-state index contributed by atoms with van der Waals surface area (Å²) in [5, 5.41) is 0. The number of aromatic nitrogens is 2. The van der Waals surface area contributed by atoms with Crippen molar-refractivity contribution in [3.63, 3.8) is 0 Å². The molecule has 166 valence electrons. The smallest absolute Gasteiger partial charge is 0.178 e. The second kappa shape index (κ2) is 9.87. The van der Waals surface area contributed by atoms with Crippen molar-refractivity contribution >= 4 is 23.6 Å². The van der Waals surface area contributed by atoms with Gasteiger partial charge in [-0.3, -0.25) is 9.20 Å². The second-order valence-electron chi connectivity index (χ2n) is 7.16. The van der Waals surface area contributed by atoms with Crippen molar-refractivity contribution in [2.75, 3.05) is 21.3 Å². The number of allylic oxidation sites excluding steroid dienone is 2.